The molecule has 0 aromatic carbocycles. The quantitative estimate of drug-likeness (QED) is 0.718. The molecule has 1 aromatic heterocycles. The molecule has 0 atom stereocenters. The monoisotopic (exact) mass is 204 g/mol. The van der Waals surface area contributed by atoms with Crippen molar-refractivity contribution in [2.24, 2.45) is 0 Å². The molecule has 3 rings (SSSR count). The molecule has 0 saturated carbocycles. The first-order chi connectivity index (χ1) is 7.45. The smallest absolute Gasteiger partial charge is 0.135 e. The third kappa shape index (κ3) is 1.59. The zero-order chi connectivity index (χ0) is 10.1. The zero-order valence-corrected chi connectivity index (χ0v) is 8.87. The summed E-state index contributed by atoms with van der Waals surface area (Å²) in [6.07, 6.45) is 5.13. The van der Waals surface area contributed by atoms with Gasteiger partial charge in [-0.2, -0.15) is 0 Å². The molecule has 0 bridgehead atoms. The van der Waals surface area contributed by atoms with Crippen LogP contribution in [0.5, 0.6) is 0 Å². The molecule has 2 aliphatic rings. The van der Waals surface area contributed by atoms with Crippen molar-refractivity contribution >= 4 is 5.82 Å². The van der Waals surface area contributed by atoms with Crippen LogP contribution in [0.1, 0.15) is 17.7 Å². The Morgan fingerprint density at radius 1 is 1.13 bits per heavy atom. The Hall–Kier alpha value is -1.16. The van der Waals surface area contributed by atoms with Crippen LogP contribution in [0.25, 0.3) is 0 Å². The second-order valence-electron chi connectivity index (χ2n) is 4.21. The van der Waals surface area contributed by atoms with Crippen LogP contribution in [0.4, 0.5) is 5.82 Å². The highest BCUT2D eigenvalue weighted by atomic mass is 15.2. The summed E-state index contributed by atoms with van der Waals surface area (Å²) < 4.78 is 0. The Bertz CT molecular complexity index is 360. The first-order valence-corrected chi connectivity index (χ1v) is 5.73. The van der Waals surface area contributed by atoms with Gasteiger partial charge in [0, 0.05) is 31.6 Å². The summed E-state index contributed by atoms with van der Waals surface area (Å²) in [6, 6.07) is 0. The first kappa shape index (κ1) is 9.09. The summed E-state index contributed by atoms with van der Waals surface area (Å²) >= 11 is 0. The molecule has 0 spiro atoms. The van der Waals surface area contributed by atoms with Crippen LogP contribution in [0, 0.1) is 0 Å². The minimum absolute atomic E-state index is 1.04. The number of hydrogen-bond donors (Lipinski definition) is 1. The van der Waals surface area contributed by atoms with E-state index in [9.17, 15) is 0 Å². The van der Waals surface area contributed by atoms with E-state index < -0.39 is 0 Å². The van der Waals surface area contributed by atoms with Gasteiger partial charge in [-0.3, -0.25) is 0 Å². The molecule has 4 heteroatoms. The van der Waals surface area contributed by atoms with Gasteiger partial charge in [0.05, 0.1) is 5.69 Å². The van der Waals surface area contributed by atoms with E-state index in [0.717, 1.165) is 39.0 Å². The summed E-state index contributed by atoms with van der Waals surface area (Å²) in [5.74, 6) is 1.19. The molecule has 0 aliphatic carbocycles. The molecule has 1 aromatic rings. The average Bonchev–Trinajstić information content (AvgIpc) is 2.40. The summed E-state index contributed by atoms with van der Waals surface area (Å²) in [5.41, 5.74) is 2.62. The van der Waals surface area contributed by atoms with Gasteiger partial charge in [0.1, 0.15) is 12.1 Å². The molecule has 2 aliphatic heterocycles. The van der Waals surface area contributed by atoms with E-state index in [-0.39, 0.29) is 0 Å². The van der Waals surface area contributed by atoms with E-state index in [0.29, 0.717) is 0 Å². The predicted molar refractivity (Wildman–Crippen MR) is 59.1 cm³/mol. The molecule has 1 N–H and O–H groups in total. The number of fused-ring (bicyclic) bond motifs is 1. The van der Waals surface area contributed by atoms with E-state index >= 15 is 0 Å². The highest BCUT2D eigenvalue weighted by molar-refractivity contribution is 5.50. The predicted octanol–water partition coefficient (Wildman–Crippen LogP) is 0.375. The molecule has 80 valence electrons. The molecule has 0 radical (unpaired) electrons. The molecular formula is C11H16N4. The Balaban J connectivity index is 1.98. The number of nitrogens with one attached hydrogen (secondary N) is 1. The van der Waals surface area contributed by atoms with Crippen LogP contribution in [-0.2, 0) is 12.8 Å². The number of rotatable bonds is 1. The number of nitrogens with zero attached hydrogens (tertiary/aromatic N) is 3. The van der Waals surface area contributed by atoms with Crippen LogP contribution in [0.15, 0.2) is 6.33 Å². The van der Waals surface area contributed by atoms with Crippen molar-refractivity contribution in [1.82, 2.24) is 15.3 Å². The Kier molecular flexibility index (Phi) is 2.29. The second-order valence-corrected chi connectivity index (χ2v) is 4.21. The lowest BCUT2D eigenvalue weighted by Crippen LogP contribution is -2.38. The Morgan fingerprint density at radius 3 is 2.80 bits per heavy atom. The minimum atomic E-state index is 1.04. The molecule has 1 fully saturated rings. The van der Waals surface area contributed by atoms with Crippen molar-refractivity contribution in [1.29, 1.82) is 0 Å². The fourth-order valence-corrected chi connectivity index (χ4v) is 2.26. The maximum absolute atomic E-state index is 4.44. The van der Waals surface area contributed by atoms with Gasteiger partial charge in [-0.25, -0.2) is 9.97 Å². The fourth-order valence-electron chi connectivity index (χ4n) is 2.26. The lowest BCUT2D eigenvalue weighted by Gasteiger charge is -2.33. The molecule has 4 nitrogen and oxygen atoms in total. The van der Waals surface area contributed by atoms with Crippen LogP contribution in [0.3, 0.4) is 0 Å². The summed E-state index contributed by atoms with van der Waals surface area (Å²) in [4.78, 5) is 11.2. The van der Waals surface area contributed by atoms with Gasteiger partial charge in [-0.15, -0.1) is 0 Å². The standard InChI is InChI=1S/C11H16N4/c1-6-15(7-1)11-9-2-4-12-5-3-10(9)13-8-14-11/h8,12H,1-7H2. The summed E-state index contributed by atoms with van der Waals surface area (Å²) in [6.45, 7) is 4.43. The number of anilines is 1. The second kappa shape index (κ2) is 3.77. The van der Waals surface area contributed by atoms with Crippen molar-refractivity contribution in [3.8, 4) is 0 Å². The van der Waals surface area contributed by atoms with E-state index in [2.05, 4.69) is 20.2 Å². The van der Waals surface area contributed by atoms with Gasteiger partial charge in [0.15, 0.2) is 0 Å². The third-order valence-electron chi connectivity index (χ3n) is 3.26. The van der Waals surface area contributed by atoms with Crippen molar-refractivity contribution in [3.63, 3.8) is 0 Å². The van der Waals surface area contributed by atoms with Gasteiger partial charge in [-0.1, -0.05) is 0 Å². The number of hydrogen-bond acceptors (Lipinski definition) is 4. The summed E-state index contributed by atoms with van der Waals surface area (Å²) in [5, 5.41) is 3.41. The molecule has 15 heavy (non-hydrogen) atoms. The van der Waals surface area contributed by atoms with Crippen LogP contribution < -0.4 is 10.2 Å². The van der Waals surface area contributed by atoms with Gasteiger partial charge in [0.2, 0.25) is 0 Å². The lowest BCUT2D eigenvalue weighted by atomic mass is 10.1. The molecule has 3 heterocycles. The third-order valence-corrected chi connectivity index (χ3v) is 3.26. The zero-order valence-electron chi connectivity index (χ0n) is 8.87. The van der Waals surface area contributed by atoms with Crippen LogP contribution in [0.2, 0.25) is 0 Å². The fraction of sp³-hybridized carbons (Fsp3) is 0.636. The topological polar surface area (TPSA) is 41.1 Å². The van der Waals surface area contributed by atoms with Crippen molar-refractivity contribution in [3.05, 3.63) is 17.6 Å². The largest absolute Gasteiger partial charge is 0.356 e. The van der Waals surface area contributed by atoms with Gasteiger partial charge < -0.3 is 10.2 Å². The maximum atomic E-state index is 4.44. The Labute approximate surface area is 89.7 Å². The highest BCUT2D eigenvalue weighted by Gasteiger charge is 2.22. The highest BCUT2D eigenvalue weighted by Crippen LogP contribution is 2.25. The maximum Gasteiger partial charge on any atom is 0.135 e. The van der Waals surface area contributed by atoms with Crippen molar-refractivity contribution < 1.29 is 0 Å². The van der Waals surface area contributed by atoms with Crippen molar-refractivity contribution in [2.75, 3.05) is 31.1 Å². The van der Waals surface area contributed by atoms with E-state index in [4.69, 9.17) is 0 Å². The van der Waals surface area contributed by atoms with Gasteiger partial charge in [0.25, 0.3) is 0 Å². The minimum Gasteiger partial charge on any atom is -0.356 e. The first-order valence-electron chi connectivity index (χ1n) is 5.73. The molecule has 0 amide bonds. The van der Waals surface area contributed by atoms with Gasteiger partial charge >= 0.3 is 0 Å². The average molecular weight is 204 g/mol. The lowest BCUT2D eigenvalue weighted by molar-refractivity contribution is 0.604. The molecular weight excluding hydrogens is 188 g/mol. The summed E-state index contributed by atoms with van der Waals surface area (Å²) in [7, 11) is 0. The van der Waals surface area contributed by atoms with E-state index in [1.54, 1.807) is 6.33 Å². The van der Waals surface area contributed by atoms with E-state index in [1.807, 2.05) is 0 Å². The molecule has 0 unspecified atom stereocenters. The SMILES string of the molecule is c1nc2c(c(N3CCC3)n1)CCNCC2. The normalized spacial score (nSPS) is 20.4. The van der Waals surface area contributed by atoms with Crippen molar-refractivity contribution in [2.45, 2.75) is 19.3 Å². The molecule has 1 saturated heterocycles. The van der Waals surface area contributed by atoms with E-state index in [1.165, 1.54) is 23.5 Å². The number of aromatic nitrogens is 2. The van der Waals surface area contributed by atoms with Crippen LogP contribution >= 0.6 is 0 Å². The van der Waals surface area contributed by atoms with Crippen LogP contribution in [-0.4, -0.2) is 36.1 Å². The van der Waals surface area contributed by atoms with Gasteiger partial charge in [-0.05, 0) is 19.4 Å². The Morgan fingerprint density at radius 2 is 2.00 bits per heavy atom.